The molecule has 0 radical (unpaired) electrons. The van der Waals surface area contributed by atoms with Crippen LogP contribution < -0.4 is 0 Å². The summed E-state index contributed by atoms with van der Waals surface area (Å²) in [5, 5.41) is 8.82. The molecule has 0 aliphatic heterocycles. The number of carboxylic acids is 1. The minimum absolute atomic E-state index is 0.281. The molecule has 1 aliphatic carbocycles. The minimum atomic E-state index is -0.728. The van der Waals surface area contributed by atoms with Crippen LogP contribution in [0.3, 0.4) is 0 Å². The maximum atomic E-state index is 10.7. The Labute approximate surface area is 83.9 Å². The number of pyridine rings is 1. The first kappa shape index (κ1) is 8.69. The summed E-state index contributed by atoms with van der Waals surface area (Å²) in [7, 11) is 0. The molecule has 2 rings (SSSR count). The van der Waals surface area contributed by atoms with Crippen LogP contribution in [-0.4, -0.2) is 16.1 Å². The second kappa shape index (κ2) is 3.10. The van der Waals surface area contributed by atoms with E-state index in [1.807, 2.05) is 6.07 Å². The number of fused-ring (bicyclic) bond motifs is 1. The summed E-state index contributed by atoms with van der Waals surface area (Å²) in [6.45, 7) is 0. The van der Waals surface area contributed by atoms with Crippen LogP contribution in [0, 0.1) is 5.92 Å². The highest BCUT2D eigenvalue weighted by atomic mass is 79.9. The zero-order valence-electron chi connectivity index (χ0n) is 6.83. The molecule has 0 saturated heterocycles. The fourth-order valence-corrected chi connectivity index (χ4v) is 1.99. The van der Waals surface area contributed by atoms with Gasteiger partial charge in [0, 0.05) is 22.8 Å². The summed E-state index contributed by atoms with van der Waals surface area (Å²) in [4.78, 5) is 14.9. The molecular formula is C9H8BrNO2. The zero-order valence-corrected chi connectivity index (χ0v) is 8.41. The van der Waals surface area contributed by atoms with Crippen molar-refractivity contribution in [3.8, 4) is 0 Å². The summed E-state index contributed by atoms with van der Waals surface area (Å²) in [5.41, 5.74) is 1.98. The summed E-state index contributed by atoms with van der Waals surface area (Å²) in [5.74, 6) is -1.01. The van der Waals surface area contributed by atoms with E-state index >= 15 is 0 Å². The van der Waals surface area contributed by atoms with Gasteiger partial charge in [-0.1, -0.05) is 0 Å². The number of halogens is 1. The third-order valence-corrected chi connectivity index (χ3v) is 2.72. The summed E-state index contributed by atoms with van der Waals surface area (Å²) >= 11 is 3.31. The number of hydrogen-bond donors (Lipinski definition) is 1. The smallest absolute Gasteiger partial charge is 0.307 e. The number of carbonyl (C=O) groups is 1. The third-order valence-electron chi connectivity index (χ3n) is 2.28. The van der Waals surface area contributed by atoms with Gasteiger partial charge in [-0.3, -0.25) is 9.78 Å². The SMILES string of the molecule is O=C(O)[C@H]1Cc2cc(Br)cnc2C1. The monoisotopic (exact) mass is 241 g/mol. The fraction of sp³-hybridized carbons (Fsp3) is 0.333. The van der Waals surface area contributed by atoms with Gasteiger partial charge in [0.1, 0.15) is 0 Å². The van der Waals surface area contributed by atoms with Crippen LogP contribution in [0.25, 0.3) is 0 Å². The molecule has 68 valence electrons. The zero-order chi connectivity index (χ0) is 9.42. The van der Waals surface area contributed by atoms with Crippen molar-refractivity contribution in [2.45, 2.75) is 12.8 Å². The number of nitrogens with zero attached hydrogens (tertiary/aromatic N) is 1. The van der Waals surface area contributed by atoms with Crippen molar-refractivity contribution in [1.29, 1.82) is 0 Å². The lowest BCUT2D eigenvalue weighted by Gasteiger charge is -1.98. The molecule has 0 saturated carbocycles. The summed E-state index contributed by atoms with van der Waals surface area (Å²) in [6, 6.07) is 1.95. The molecule has 0 spiro atoms. The molecular weight excluding hydrogens is 234 g/mol. The second-order valence-electron chi connectivity index (χ2n) is 3.20. The van der Waals surface area contributed by atoms with E-state index in [9.17, 15) is 4.79 Å². The average molecular weight is 242 g/mol. The molecule has 13 heavy (non-hydrogen) atoms. The van der Waals surface area contributed by atoms with Crippen molar-refractivity contribution in [2.24, 2.45) is 5.92 Å². The summed E-state index contributed by atoms with van der Waals surface area (Å²) < 4.78 is 0.914. The maximum Gasteiger partial charge on any atom is 0.307 e. The van der Waals surface area contributed by atoms with Crippen LogP contribution in [0.4, 0.5) is 0 Å². The van der Waals surface area contributed by atoms with E-state index in [4.69, 9.17) is 5.11 Å². The molecule has 0 fully saturated rings. The highest BCUT2D eigenvalue weighted by Gasteiger charge is 2.27. The molecule has 0 bridgehead atoms. The highest BCUT2D eigenvalue weighted by Crippen LogP contribution is 2.27. The average Bonchev–Trinajstić information content (AvgIpc) is 2.46. The predicted molar refractivity (Wildman–Crippen MR) is 50.5 cm³/mol. The molecule has 4 heteroatoms. The number of aliphatic carboxylic acids is 1. The van der Waals surface area contributed by atoms with Crippen LogP contribution in [0.1, 0.15) is 11.3 Å². The topological polar surface area (TPSA) is 50.2 Å². The largest absolute Gasteiger partial charge is 0.481 e. The predicted octanol–water partition coefficient (Wildman–Crippen LogP) is 1.64. The van der Waals surface area contributed by atoms with E-state index in [2.05, 4.69) is 20.9 Å². The van der Waals surface area contributed by atoms with Gasteiger partial charge in [-0.05, 0) is 34.0 Å². The molecule has 1 aliphatic rings. The van der Waals surface area contributed by atoms with Gasteiger partial charge in [-0.2, -0.15) is 0 Å². The number of carboxylic acid groups (broad SMARTS) is 1. The Morgan fingerprint density at radius 1 is 1.62 bits per heavy atom. The Morgan fingerprint density at radius 2 is 2.38 bits per heavy atom. The van der Waals surface area contributed by atoms with Gasteiger partial charge >= 0.3 is 5.97 Å². The number of rotatable bonds is 1. The summed E-state index contributed by atoms with van der Waals surface area (Å²) in [6.07, 6.45) is 2.89. The Morgan fingerprint density at radius 3 is 3.08 bits per heavy atom. The Bertz CT molecular complexity index is 365. The molecule has 1 aromatic heterocycles. The van der Waals surface area contributed by atoms with Gasteiger partial charge in [0.15, 0.2) is 0 Å². The molecule has 0 aromatic carbocycles. The van der Waals surface area contributed by atoms with E-state index in [0.29, 0.717) is 12.8 Å². The molecule has 0 unspecified atom stereocenters. The van der Waals surface area contributed by atoms with E-state index in [-0.39, 0.29) is 5.92 Å². The first-order valence-corrected chi connectivity index (χ1v) is 4.82. The van der Waals surface area contributed by atoms with Crippen molar-refractivity contribution in [1.82, 2.24) is 4.98 Å². The lowest BCUT2D eigenvalue weighted by atomic mass is 10.1. The van der Waals surface area contributed by atoms with Crippen LogP contribution in [0.5, 0.6) is 0 Å². The fourth-order valence-electron chi connectivity index (χ4n) is 1.62. The molecule has 1 N–H and O–H groups in total. The Kier molecular flexibility index (Phi) is 2.07. The van der Waals surface area contributed by atoms with Gasteiger partial charge in [-0.25, -0.2) is 0 Å². The van der Waals surface area contributed by atoms with Crippen molar-refractivity contribution in [2.75, 3.05) is 0 Å². The van der Waals surface area contributed by atoms with E-state index < -0.39 is 5.97 Å². The lowest BCUT2D eigenvalue weighted by molar-refractivity contribution is -0.141. The lowest BCUT2D eigenvalue weighted by Crippen LogP contribution is -2.12. The van der Waals surface area contributed by atoms with Gasteiger partial charge in [0.05, 0.1) is 5.92 Å². The van der Waals surface area contributed by atoms with Crippen molar-refractivity contribution < 1.29 is 9.90 Å². The van der Waals surface area contributed by atoms with Crippen molar-refractivity contribution >= 4 is 21.9 Å². The molecule has 1 atom stereocenters. The molecule has 1 aromatic rings. The molecule has 3 nitrogen and oxygen atoms in total. The van der Waals surface area contributed by atoms with Gasteiger partial charge in [0.2, 0.25) is 0 Å². The van der Waals surface area contributed by atoms with Crippen LogP contribution in [0.15, 0.2) is 16.7 Å². The van der Waals surface area contributed by atoms with Crippen LogP contribution >= 0.6 is 15.9 Å². The number of aromatic nitrogens is 1. The van der Waals surface area contributed by atoms with E-state index in [1.165, 1.54) is 0 Å². The van der Waals surface area contributed by atoms with Crippen LogP contribution in [0.2, 0.25) is 0 Å². The Hall–Kier alpha value is -0.900. The molecule has 1 heterocycles. The minimum Gasteiger partial charge on any atom is -0.481 e. The normalized spacial score (nSPS) is 19.9. The number of hydrogen-bond acceptors (Lipinski definition) is 2. The maximum absolute atomic E-state index is 10.7. The second-order valence-corrected chi connectivity index (χ2v) is 4.12. The van der Waals surface area contributed by atoms with Crippen LogP contribution in [-0.2, 0) is 17.6 Å². The first-order chi connectivity index (χ1) is 6.16. The molecule has 0 amide bonds. The van der Waals surface area contributed by atoms with Gasteiger partial charge in [-0.15, -0.1) is 0 Å². The van der Waals surface area contributed by atoms with Gasteiger partial charge in [0.25, 0.3) is 0 Å². The standard InChI is InChI=1S/C9H8BrNO2/c10-7-2-5-1-6(9(12)13)3-8(5)11-4-7/h2,4,6H,1,3H2,(H,12,13)/t6-/m0/s1. The first-order valence-electron chi connectivity index (χ1n) is 4.03. The van der Waals surface area contributed by atoms with E-state index in [1.54, 1.807) is 6.20 Å². The highest BCUT2D eigenvalue weighted by molar-refractivity contribution is 9.10. The van der Waals surface area contributed by atoms with Gasteiger partial charge < -0.3 is 5.11 Å². The third kappa shape index (κ3) is 1.58. The van der Waals surface area contributed by atoms with Crippen molar-refractivity contribution in [3.63, 3.8) is 0 Å². The van der Waals surface area contributed by atoms with E-state index in [0.717, 1.165) is 15.7 Å². The Balaban J connectivity index is 2.30. The quantitative estimate of drug-likeness (QED) is 0.814. The van der Waals surface area contributed by atoms with Crippen molar-refractivity contribution in [3.05, 3.63) is 28.0 Å².